The molecule has 0 saturated carbocycles. The molecule has 0 aliphatic heterocycles. The Balaban J connectivity index is 1.35. The molecular formula is C29H28N4O7S. The maximum atomic E-state index is 13.5. The minimum Gasteiger partial charge on any atom is -0.495 e. The molecule has 0 radical (unpaired) electrons. The van der Waals surface area contributed by atoms with Gasteiger partial charge in [0.25, 0.3) is 21.8 Å². The van der Waals surface area contributed by atoms with E-state index in [-0.39, 0.29) is 29.6 Å². The maximum absolute atomic E-state index is 13.5. The number of furan rings is 1. The highest BCUT2D eigenvalue weighted by Crippen LogP contribution is 2.32. The zero-order chi connectivity index (χ0) is 29.1. The Morgan fingerprint density at radius 3 is 2.37 bits per heavy atom. The molecule has 11 nitrogen and oxygen atoms in total. The van der Waals surface area contributed by atoms with Crippen LogP contribution in [-0.2, 0) is 26.2 Å². The number of hydrogen-bond donors (Lipinski definition) is 2. The van der Waals surface area contributed by atoms with Gasteiger partial charge in [0.15, 0.2) is 6.61 Å². The summed E-state index contributed by atoms with van der Waals surface area (Å²) in [6.45, 7) is -0.437. The molecule has 2 N–H and O–H groups in total. The largest absolute Gasteiger partial charge is 0.495 e. The summed E-state index contributed by atoms with van der Waals surface area (Å²) in [7, 11) is -2.68. The third-order valence-corrected chi connectivity index (χ3v) is 7.44. The van der Waals surface area contributed by atoms with Gasteiger partial charge >= 0.3 is 0 Å². The van der Waals surface area contributed by atoms with E-state index in [1.807, 2.05) is 0 Å². The van der Waals surface area contributed by atoms with Crippen molar-refractivity contribution < 1.29 is 31.9 Å². The predicted molar refractivity (Wildman–Crippen MR) is 152 cm³/mol. The van der Waals surface area contributed by atoms with Crippen LogP contribution < -0.4 is 24.5 Å². The lowest BCUT2D eigenvalue weighted by Gasteiger charge is -2.25. The number of hydrogen-bond acceptors (Lipinski definition) is 8. The fourth-order valence-electron chi connectivity index (χ4n) is 3.65. The van der Waals surface area contributed by atoms with Crippen LogP contribution in [0.25, 0.3) is 0 Å². The average Bonchev–Trinajstić information content (AvgIpc) is 3.53. The van der Waals surface area contributed by atoms with Crippen LogP contribution in [-0.4, -0.2) is 46.7 Å². The number of benzene rings is 3. The summed E-state index contributed by atoms with van der Waals surface area (Å²) in [6, 6.07) is 24.5. The zero-order valence-electron chi connectivity index (χ0n) is 22.1. The second-order valence-corrected chi connectivity index (χ2v) is 10.4. The number of carbonyl (C=O) groups excluding carboxylic acids is 2. The van der Waals surface area contributed by atoms with E-state index < -0.39 is 22.5 Å². The molecule has 0 unspecified atom stereocenters. The topological polar surface area (TPSA) is 140 Å². The highest BCUT2D eigenvalue weighted by atomic mass is 32.2. The van der Waals surface area contributed by atoms with Crippen LogP contribution in [0.3, 0.4) is 0 Å². The number of nitrogens with zero attached hydrogens (tertiary/aromatic N) is 2. The van der Waals surface area contributed by atoms with Gasteiger partial charge in [-0.15, -0.1) is 0 Å². The second-order valence-electron chi connectivity index (χ2n) is 8.50. The van der Waals surface area contributed by atoms with Gasteiger partial charge in [0, 0.05) is 0 Å². The van der Waals surface area contributed by atoms with Gasteiger partial charge in [-0.3, -0.25) is 13.9 Å². The fraction of sp³-hybridized carbons (Fsp3) is 0.138. The van der Waals surface area contributed by atoms with Crippen molar-refractivity contribution in [3.8, 4) is 11.5 Å². The fourth-order valence-corrected chi connectivity index (χ4v) is 5.10. The van der Waals surface area contributed by atoms with Gasteiger partial charge in [0.2, 0.25) is 0 Å². The summed E-state index contributed by atoms with van der Waals surface area (Å²) < 4.78 is 43.9. The Labute approximate surface area is 237 Å². The molecule has 0 aliphatic rings. The van der Waals surface area contributed by atoms with Crippen LogP contribution in [0.2, 0.25) is 0 Å². The first kappa shape index (κ1) is 28.9. The maximum Gasteiger partial charge on any atom is 0.264 e. The van der Waals surface area contributed by atoms with Crippen molar-refractivity contribution >= 4 is 33.7 Å². The molecule has 0 spiro atoms. The number of para-hydroxylation sites is 2. The Bertz CT molecular complexity index is 1570. The molecule has 1 aromatic heterocycles. The molecule has 1 heterocycles. The van der Waals surface area contributed by atoms with Crippen LogP contribution in [0.5, 0.6) is 11.5 Å². The van der Waals surface area contributed by atoms with Crippen molar-refractivity contribution in [1.82, 2.24) is 10.7 Å². The number of hydrazone groups is 1. The van der Waals surface area contributed by atoms with E-state index in [0.29, 0.717) is 22.8 Å². The zero-order valence-corrected chi connectivity index (χ0v) is 22.9. The molecule has 212 valence electrons. The summed E-state index contributed by atoms with van der Waals surface area (Å²) >= 11 is 0. The van der Waals surface area contributed by atoms with Crippen molar-refractivity contribution in [3.63, 3.8) is 0 Å². The van der Waals surface area contributed by atoms with E-state index in [1.54, 1.807) is 78.9 Å². The Morgan fingerprint density at radius 1 is 0.927 bits per heavy atom. The van der Waals surface area contributed by atoms with Crippen LogP contribution >= 0.6 is 0 Å². The van der Waals surface area contributed by atoms with Gasteiger partial charge in [-0.1, -0.05) is 30.3 Å². The second kappa shape index (κ2) is 13.8. The van der Waals surface area contributed by atoms with Crippen molar-refractivity contribution in [3.05, 3.63) is 109 Å². The van der Waals surface area contributed by atoms with Crippen LogP contribution in [0, 0.1) is 0 Å². The van der Waals surface area contributed by atoms with E-state index in [4.69, 9.17) is 13.9 Å². The lowest BCUT2D eigenvalue weighted by atomic mass is 10.2. The van der Waals surface area contributed by atoms with E-state index in [2.05, 4.69) is 15.8 Å². The number of ether oxygens (including phenoxy) is 2. The smallest absolute Gasteiger partial charge is 0.264 e. The van der Waals surface area contributed by atoms with Crippen molar-refractivity contribution in [1.29, 1.82) is 0 Å². The SMILES string of the molecule is COc1ccccc1N(CC(=O)N/N=C\c1ccc(OCC(=O)NCc2ccco2)cc1)S(=O)(=O)c1ccccc1. The normalized spacial score (nSPS) is 11.1. The quantitative estimate of drug-likeness (QED) is 0.184. The lowest BCUT2D eigenvalue weighted by Crippen LogP contribution is -2.39. The number of carbonyl (C=O) groups is 2. The molecule has 0 atom stereocenters. The van der Waals surface area contributed by atoms with Crippen molar-refractivity contribution in [2.75, 3.05) is 24.6 Å². The van der Waals surface area contributed by atoms with Crippen molar-refractivity contribution in [2.24, 2.45) is 5.10 Å². The van der Waals surface area contributed by atoms with Gasteiger partial charge in [-0.25, -0.2) is 13.8 Å². The van der Waals surface area contributed by atoms with Gasteiger partial charge < -0.3 is 19.2 Å². The number of sulfonamides is 1. The van der Waals surface area contributed by atoms with Crippen LogP contribution in [0.1, 0.15) is 11.3 Å². The predicted octanol–water partition coefficient (Wildman–Crippen LogP) is 3.33. The van der Waals surface area contributed by atoms with E-state index >= 15 is 0 Å². The summed E-state index contributed by atoms with van der Waals surface area (Å²) in [5.74, 6) is 0.441. The number of anilines is 1. The molecule has 0 fully saturated rings. The first-order valence-electron chi connectivity index (χ1n) is 12.4. The molecule has 12 heteroatoms. The van der Waals surface area contributed by atoms with E-state index in [9.17, 15) is 18.0 Å². The molecule has 0 saturated heterocycles. The Hall–Kier alpha value is -5.10. The van der Waals surface area contributed by atoms with Crippen molar-refractivity contribution in [2.45, 2.75) is 11.4 Å². The van der Waals surface area contributed by atoms with Crippen LogP contribution in [0.15, 0.2) is 112 Å². The average molecular weight is 577 g/mol. The van der Waals surface area contributed by atoms with Gasteiger partial charge in [0.1, 0.15) is 23.8 Å². The minimum absolute atomic E-state index is 0.0273. The first-order valence-corrected chi connectivity index (χ1v) is 13.9. The lowest BCUT2D eigenvalue weighted by molar-refractivity contribution is -0.123. The molecular weight excluding hydrogens is 548 g/mol. The van der Waals surface area contributed by atoms with Crippen LogP contribution in [0.4, 0.5) is 5.69 Å². The third-order valence-electron chi connectivity index (χ3n) is 5.67. The van der Waals surface area contributed by atoms with E-state index in [1.165, 1.54) is 31.7 Å². The van der Waals surface area contributed by atoms with Gasteiger partial charge in [0.05, 0.1) is 36.7 Å². The Morgan fingerprint density at radius 2 is 1.66 bits per heavy atom. The molecule has 4 rings (SSSR count). The highest BCUT2D eigenvalue weighted by molar-refractivity contribution is 7.92. The highest BCUT2D eigenvalue weighted by Gasteiger charge is 2.29. The summed E-state index contributed by atoms with van der Waals surface area (Å²) in [6.07, 6.45) is 2.93. The molecule has 3 aromatic carbocycles. The monoisotopic (exact) mass is 576 g/mol. The molecule has 2 amide bonds. The van der Waals surface area contributed by atoms with Gasteiger partial charge in [-0.05, 0) is 66.2 Å². The van der Waals surface area contributed by atoms with E-state index in [0.717, 1.165) is 4.31 Å². The number of methoxy groups -OCH3 is 1. The first-order chi connectivity index (χ1) is 19.9. The summed E-state index contributed by atoms with van der Waals surface area (Å²) in [5.41, 5.74) is 3.21. The number of amides is 2. The summed E-state index contributed by atoms with van der Waals surface area (Å²) in [4.78, 5) is 24.8. The third kappa shape index (κ3) is 7.96. The Kier molecular flexibility index (Phi) is 9.73. The standard InChI is InChI=1S/C29H28N4O7S/c1-38-27-12-6-5-11-26(27)33(41(36,37)25-9-3-2-4-10-25)20-28(34)32-31-18-22-13-15-23(16-14-22)40-21-29(35)30-19-24-8-7-17-39-24/h2-18H,19-21H2,1H3,(H,30,35)(H,32,34)/b31-18-. The molecule has 41 heavy (non-hydrogen) atoms. The summed E-state index contributed by atoms with van der Waals surface area (Å²) in [5, 5.41) is 6.63. The molecule has 0 bridgehead atoms. The number of rotatable bonds is 13. The molecule has 0 aliphatic carbocycles. The molecule has 4 aromatic rings. The minimum atomic E-state index is -4.10. The number of nitrogens with one attached hydrogen (secondary N) is 2. The van der Waals surface area contributed by atoms with Gasteiger partial charge in [-0.2, -0.15) is 5.10 Å².